The van der Waals surface area contributed by atoms with Crippen LogP contribution in [0.25, 0.3) is 0 Å². The first-order chi connectivity index (χ1) is 16.3. The van der Waals surface area contributed by atoms with Crippen LogP contribution in [0.15, 0.2) is 63.6 Å². The summed E-state index contributed by atoms with van der Waals surface area (Å²) >= 11 is 6.62. The summed E-state index contributed by atoms with van der Waals surface area (Å²) in [6, 6.07) is 11.4. The number of phenolic OH excluding ortho intramolecular Hbond substituents is 1. The molecule has 0 aliphatic heterocycles. The highest BCUT2D eigenvalue weighted by molar-refractivity contribution is 9.11. The van der Waals surface area contributed by atoms with E-state index in [-0.39, 0.29) is 29.9 Å². The van der Waals surface area contributed by atoms with Gasteiger partial charge in [-0.1, -0.05) is 40.2 Å². The lowest BCUT2D eigenvalue weighted by Gasteiger charge is -2.28. The zero-order valence-electron chi connectivity index (χ0n) is 18.2. The fourth-order valence-corrected chi connectivity index (χ4v) is 4.32. The van der Waals surface area contributed by atoms with Gasteiger partial charge in [-0.15, -0.1) is 0 Å². The quantitative estimate of drug-likeness (QED) is 0.175. The maximum Gasteiger partial charge on any atom is 0.414 e. The molecule has 0 aromatic heterocycles. The zero-order chi connectivity index (χ0) is 25.1. The minimum absolute atomic E-state index is 0.157. The summed E-state index contributed by atoms with van der Waals surface area (Å²) in [5.41, 5.74) is 2.02. The molecule has 9 nitrogen and oxygen atoms in total. The molecule has 2 aromatic rings. The van der Waals surface area contributed by atoms with Gasteiger partial charge in [0.05, 0.1) is 10.6 Å². The summed E-state index contributed by atoms with van der Waals surface area (Å²) in [7, 11) is 0. The maximum absolute atomic E-state index is 12.6. The van der Waals surface area contributed by atoms with Crippen LogP contribution in [-0.2, 0) is 14.3 Å². The first kappa shape index (κ1) is 27.5. The third-order valence-electron chi connectivity index (χ3n) is 4.57. The van der Waals surface area contributed by atoms with Gasteiger partial charge in [0.25, 0.3) is 11.8 Å². The van der Waals surface area contributed by atoms with Crippen molar-refractivity contribution in [2.75, 3.05) is 6.61 Å². The molecule has 0 aliphatic rings. The fraction of sp³-hybridized carbons (Fsp3) is 0.261. The molecule has 11 heteroatoms. The summed E-state index contributed by atoms with van der Waals surface area (Å²) in [5.74, 6) is -1.49. The summed E-state index contributed by atoms with van der Waals surface area (Å²) < 4.78 is 12.4. The van der Waals surface area contributed by atoms with Crippen LogP contribution in [0.2, 0.25) is 0 Å². The number of ether oxygens (including phenoxy) is 2. The molecule has 0 saturated carbocycles. The van der Waals surface area contributed by atoms with E-state index in [1.54, 1.807) is 49.4 Å². The average molecular weight is 600 g/mol. The van der Waals surface area contributed by atoms with Gasteiger partial charge in [0.2, 0.25) is 0 Å². The Hall–Kier alpha value is -2.73. The van der Waals surface area contributed by atoms with Crippen molar-refractivity contribution in [2.24, 2.45) is 0 Å². The summed E-state index contributed by atoms with van der Waals surface area (Å²) in [6.45, 7) is 2.03. The number of nitrogens with one attached hydrogen (secondary N) is 2. The van der Waals surface area contributed by atoms with Crippen molar-refractivity contribution in [3.63, 3.8) is 0 Å². The molecular formula is C23H24Br2N2O7. The van der Waals surface area contributed by atoms with Gasteiger partial charge in [0, 0.05) is 28.3 Å². The van der Waals surface area contributed by atoms with Crippen molar-refractivity contribution in [1.82, 2.24) is 10.8 Å². The Labute approximate surface area is 213 Å². The van der Waals surface area contributed by atoms with Crippen LogP contribution in [-0.4, -0.2) is 40.9 Å². The van der Waals surface area contributed by atoms with Crippen LogP contribution in [0, 0.1) is 0 Å². The minimum Gasteiger partial charge on any atom is -0.506 e. The monoisotopic (exact) mass is 598 g/mol. The summed E-state index contributed by atoms with van der Waals surface area (Å²) in [6.07, 6.45) is 0.431. The largest absolute Gasteiger partial charge is 0.506 e. The maximum atomic E-state index is 12.6. The lowest BCUT2D eigenvalue weighted by atomic mass is 9.99. The van der Waals surface area contributed by atoms with E-state index >= 15 is 0 Å². The second-order valence-corrected chi connectivity index (χ2v) is 8.69. The fourth-order valence-electron chi connectivity index (χ4n) is 3.07. The summed E-state index contributed by atoms with van der Waals surface area (Å²) in [5, 5.41) is 21.4. The van der Waals surface area contributed by atoms with Crippen molar-refractivity contribution in [3.05, 3.63) is 74.7 Å². The first-order valence-electron chi connectivity index (χ1n) is 10.2. The molecular weight excluding hydrogens is 576 g/mol. The number of imide groups is 1. The van der Waals surface area contributed by atoms with Gasteiger partial charge in [-0.05, 0) is 60.0 Å². The Morgan fingerprint density at radius 2 is 1.85 bits per heavy atom. The molecule has 0 fully saturated rings. The lowest BCUT2D eigenvalue weighted by Crippen LogP contribution is -2.35. The van der Waals surface area contributed by atoms with E-state index in [1.165, 1.54) is 11.6 Å². The van der Waals surface area contributed by atoms with Gasteiger partial charge in [-0.2, -0.15) is 0 Å². The Morgan fingerprint density at radius 3 is 2.50 bits per heavy atom. The van der Waals surface area contributed by atoms with Crippen molar-refractivity contribution < 1.29 is 34.2 Å². The van der Waals surface area contributed by atoms with E-state index in [2.05, 4.69) is 37.2 Å². The number of halogens is 2. The van der Waals surface area contributed by atoms with Crippen LogP contribution >= 0.6 is 31.9 Å². The predicted octanol–water partition coefficient (Wildman–Crippen LogP) is 4.77. The Morgan fingerprint density at radius 1 is 1.15 bits per heavy atom. The molecule has 0 radical (unpaired) electrons. The van der Waals surface area contributed by atoms with Crippen LogP contribution in [0.3, 0.4) is 0 Å². The molecule has 0 unspecified atom stereocenters. The van der Waals surface area contributed by atoms with E-state index in [0.29, 0.717) is 15.4 Å². The number of phenols is 1. The van der Waals surface area contributed by atoms with Gasteiger partial charge in [0.1, 0.15) is 5.75 Å². The predicted molar refractivity (Wildman–Crippen MR) is 130 cm³/mol. The molecule has 4 N–H and O–H groups in total. The van der Waals surface area contributed by atoms with Gasteiger partial charge in [-0.3, -0.25) is 20.1 Å². The van der Waals surface area contributed by atoms with Gasteiger partial charge in [-0.25, -0.2) is 10.3 Å². The van der Waals surface area contributed by atoms with Gasteiger partial charge >= 0.3 is 6.09 Å². The highest BCUT2D eigenvalue weighted by Gasteiger charge is 2.31. The Bertz CT molecular complexity index is 1030. The Balaban J connectivity index is 2.30. The average Bonchev–Trinajstić information content (AvgIpc) is 2.82. The van der Waals surface area contributed by atoms with Crippen molar-refractivity contribution in [2.45, 2.75) is 32.0 Å². The number of carbonyl (C=O) groups is 3. The lowest BCUT2D eigenvalue weighted by molar-refractivity contribution is -0.124. The number of alkyl carbamates (subject to hydrolysis) is 1. The van der Waals surface area contributed by atoms with E-state index in [4.69, 9.17) is 14.7 Å². The third-order valence-corrected chi connectivity index (χ3v) is 5.63. The number of amides is 3. The second kappa shape index (κ2) is 13.9. The molecule has 2 aromatic carbocycles. The van der Waals surface area contributed by atoms with Crippen LogP contribution in [0.1, 0.15) is 41.8 Å². The van der Waals surface area contributed by atoms with E-state index in [9.17, 15) is 19.5 Å². The van der Waals surface area contributed by atoms with Gasteiger partial charge < -0.3 is 14.6 Å². The van der Waals surface area contributed by atoms with E-state index in [1.807, 2.05) is 0 Å². The number of allylic oxidation sites excluding steroid dienone is 1. The topological polar surface area (TPSA) is 134 Å². The van der Waals surface area contributed by atoms with Crippen molar-refractivity contribution in [3.8, 4) is 5.75 Å². The van der Waals surface area contributed by atoms with E-state index in [0.717, 1.165) is 6.08 Å². The van der Waals surface area contributed by atoms with Crippen molar-refractivity contribution >= 4 is 49.8 Å². The first-order valence-corrected chi connectivity index (χ1v) is 11.8. The molecule has 182 valence electrons. The molecule has 34 heavy (non-hydrogen) atoms. The van der Waals surface area contributed by atoms with Crippen LogP contribution in [0.4, 0.5) is 4.79 Å². The number of hydrogen-bond acceptors (Lipinski definition) is 7. The number of hydroxylamine groups is 1. The van der Waals surface area contributed by atoms with Crippen LogP contribution in [0.5, 0.6) is 5.75 Å². The highest BCUT2D eigenvalue weighted by atomic mass is 79.9. The molecule has 0 saturated heterocycles. The van der Waals surface area contributed by atoms with Crippen molar-refractivity contribution in [1.29, 1.82) is 0 Å². The number of aromatic hydroxyl groups is 1. The summed E-state index contributed by atoms with van der Waals surface area (Å²) in [4.78, 5) is 36.2. The number of hydrogen-bond donors (Lipinski definition) is 4. The SMILES string of the molecule is CCO[C@@H](CC/C=C/C(=O)NO)[C@@H](OC(=O)NC(=O)c1ccccc1)c1cc(Br)cc(Br)c1O. The smallest absolute Gasteiger partial charge is 0.414 e. The molecule has 0 bridgehead atoms. The zero-order valence-corrected chi connectivity index (χ0v) is 21.3. The highest BCUT2D eigenvalue weighted by Crippen LogP contribution is 2.39. The van der Waals surface area contributed by atoms with Gasteiger partial charge in [0.15, 0.2) is 6.10 Å². The number of benzene rings is 2. The number of carbonyl (C=O) groups excluding carboxylic acids is 3. The normalized spacial score (nSPS) is 12.7. The Kier molecular flexibility index (Phi) is 11.2. The standard InChI is InChI=1S/C23H24Br2N2O7/c1-2-33-18(10-6-7-11-19(28)27-32)21(16-12-15(24)13-17(25)20(16)29)34-23(31)26-22(30)14-8-4-3-5-9-14/h3-5,7-9,11-13,18,21,29,32H,2,6,10H2,1H3,(H,27,28)(H,26,30,31)/b11-7+/t18-,21-/m0/s1. The molecule has 0 heterocycles. The third kappa shape index (κ3) is 8.24. The molecule has 0 spiro atoms. The molecule has 3 amide bonds. The molecule has 0 aliphatic carbocycles. The minimum atomic E-state index is -1.10. The number of rotatable bonds is 10. The van der Waals surface area contributed by atoms with Crippen LogP contribution < -0.4 is 10.8 Å². The van der Waals surface area contributed by atoms with E-state index < -0.39 is 30.1 Å². The second-order valence-electron chi connectivity index (χ2n) is 6.92. The molecule has 2 atom stereocenters. The molecule has 2 rings (SSSR count).